The number of anilines is 1. The van der Waals surface area contributed by atoms with Crippen LogP contribution in [0.3, 0.4) is 0 Å². The van der Waals surface area contributed by atoms with Gasteiger partial charge in [-0.2, -0.15) is 9.97 Å². The fourth-order valence-electron chi connectivity index (χ4n) is 1.31. The number of imidazole rings is 1. The molecule has 0 aliphatic rings. The number of hydrogen-bond acceptors (Lipinski definition) is 6. The van der Waals surface area contributed by atoms with Gasteiger partial charge in [-0.25, -0.2) is 4.98 Å². The van der Waals surface area contributed by atoms with E-state index in [0.717, 1.165) is 6.42 Å². The molecule has 0 bridgehead atoms. The van der Waals surface area contributed by atoms with E-state index in [1.165, 1.54) is 6.33 Å². The van der Waals surface area contributed by atoms with Gasteiger partial charge in [0.1, 0.15) is 5.52 Å². The SMILES string of the molecule is Nc1nc(OCCCCO)c2[nH]cnc2n1. The molecule has 0 atom stereocenters. The zero-order valence-electron chi connectivity index (χ0n) is 8.68. The van der Waals surface area contributed by atoms with Crippen molar-refractivity contribution in [1.29, 1.82) is 0 Å². The van der Waals surface area contributed by atoms with Gasteiger partial charge in [-0.3, -0.25) is 0 Å². The number of rotatable bonds is 5. The number of aromatic nitrogens is 4. The van der Waals surface area contributed by atoms with Gasteiger partial charge in [0.25, 0.3) is 0 Å². The van der Waals surface area contributed by atoms with Crippen LogP contribution in [-0.4, -0.2) is 38.3 Å². The van der Waals surface area contributed by atoms with Gasteiger partial charge >= 0.3 is 0 Å². The van der Waals surface area contributed by atoms with Crippen molar-refractivity contribution in [3.05, 3.63) is 6.33 Å². The summed E-state index contributed by atoms with van der Waals surface area (Å²) in [5.74, 6) is 0.537. The van der Waals surface area contributed by atoms with Crippen LogP contribution >= 0.6 is 0 Å². The molecule has 0 aliphatic carbocycles. The smallest absolute Gasteiger partial charge is 0.245 e. The van der Waals surface area contributed by atoms with Crippen LogP contribution in [0.1, 0.15) is 12.8 Å². The summed E-state index contributed by atoms with van der Waals surface area (Å²) in [6.07, 6.45) is 2.97. The van der Waals surface area contributed by atoms with Crippen LogP contribution < -0.4 is 10.5 Å². The molecule has 0 spiro atoms. The van der Waals surface area contributed by atoms with Gasteiger partial charge in [0.05, 0.1) is 12.9 Å². The summed E-state index contributed by atoms with van der Waals surface area (Å²) >= 11 is 0. The maximum atomic E-state index is 8.63. The van der Waals surface area contributed by atoms with Crippen molar-refractivity contribution in [1.82, 2.24) is 19.9 Å². The van der Waals surface area contributed by atoms with E-state index in [9.17, 15) is 0 Å². The Balaban J connectivity index is 2.12. The molecule has 0 amide bonds. The number of nitrogens with two attached hydrogens (primary N) is 1. The molecule has 2 aromatic rings. The zero-order chi connectivity index (χ0) is 11.4. The monoisotopic (exact) mass is 223 g/mol. The first kappa shape index (κ1) is 10.6. The quantitative estimate of drug-likeness (QED) is 0.619. The molecule has 0 radical (unpaired) electrons. The Labute approximate surface area is 91.7 Å². The van der Waals surface area contributed by atoms with Crippen LogP contribution in [0.2, 0.25) is 0 Å². The van der Waals surface area contributed by atoms with E-state index in [-0.39, 0.29) is 12.6 Å². The first-order valence-corrected chi connectivity index (χ1v) is 5.01. The van der Waals surface area contributed by atoms with E-state index in [0.29, 0.717) is 30.1 Å². The molecule has 16 heavy (non-hydrogen) atoms. The number of nitrogen functional groups attached to an aromatic ring is 1. The lowest BCUT2D eigenvalue weighted by Gasteiger charge is -2.05. The van der Waals surface area contributed by atoms with Crippen molar-refractivity contribution in [2.24, 2.45) is 0 Å². The summed E-state index contributed by atoms with van der Waals surface area (Å²) in [5, 5.41) is 8.63. The van der Waals surface area contributed by atoms with E-state index in [2.05, 4.69) is 19.9 Å². The number of aromatic amines is 1. The third kappa shape index (κ3) is 2.19. The van der Waals surface area contributed by atoms with E-state index >= 15 is 0 Å². The number of hydrogen-bond donors (Lipinski definition) is 3. The van der Waals surface area contributed by atoms with Crippen LogP contribution in [0.15, 0.2) is 6.33 Å². The van der Waals surface area contributed by atoms with Gasteiger partial charge in [-0.15, -0.1) is 0 Å². The third-order valence-corrected chi connectivity index (χ3v) is 2.06. The molecule has 2 aromatic heterocycles. The average molecular weight is 223 g/mol. The molecule has 0 saturated carbocycles. The molecule has 4 N–H and O–H groups in total. The normalized spacial score (nSPS) is 10.8. The van der Waals surface area contributed by atoms with Gasteiger partial charge in [-0.1, -0.05) is 0 Å². The van der Waals surface area contributed by atoms with Crippen LogP contribution in [0.5, 0.6) is 5.88 Å². The number of nitrogens with zero attached hydrogens (tertiary/aromatic N) is 3. The number of fused-ring (bicyclic) bond motifs is 1. The lowest BCUT2D eigenvalue weighted by atomic mass is 10.3. The molecular weight excluding hydrogens is 210 g/mol. The molecular formula is C9H13N5O2. The number of H-pyrrole nitrogens is 1. The van der Waals surface area contributed by atoms with Crippen molar-refractivity contribution in [3.63, 3.8) is 0 Å². The average Bonchev–Trinajstić information content (AvgIpc) is 2.72. The molecule has 0 aromatic carbocycles. The molecule has 86 valence electrons. The Morgan fingerprint density at radius 3 is 3.06 bits per heavy atom. The van der Waals surface area contributed by atoms with Crippen molar-refractivity contribution in [3.8, 4) is 5.88 Å². The molecule has 7 heteroatoms. The predicted molar refractivity (Wildman–Crippen MR) is 57.9 cm³/mol. The fraction of sp³-hybridized carbons (Fsp3) is 0.444. The Hall–Kier alpha value is -1.89. The minimum atomic E-state index is 0.136. The predicted octanol–water partition coefficient (Wildman–Crippen LogP) is 0.0864. The van der Waals surface area contributed by atoms with E-state index in [1.807, 2.05) is 0 Å². The van der Waals surface area contributed by atoms with Crippen LogP contribution in [0.25, 0.3) is 11.2 Å². The largest absolute Gasteiger partial charge is 0.476 e. The molecule has 2 heterocycles. The minimum absolute atomic E-state index is 0.136. The molecule has 2 rings (SSSR count). The van der Waals surface area contributed by atoms with Gasteiger partial charge in [0, 0.05) is 6.61 Å². The highest BCUT2D eigenvalue weighted by Gasteiger charge is 2.09. The lowest BCUT2D eigenvalue weighted by molar-refractivity contribution is 0.250. The van der Waals surface area contributed by atoms with Crippen molar-refractivity contribution >= 4 is 17.1 Å². The highest BCUT2D eigenvalue weighted by Crippen LogP contribution is 2.19. The van der Waals surface area contributed by atoms with Crippen molar-refractivity contribution in [2.75, 3.05) is 18.9 Å². The zero-order valence-corrected chi connectivity index (χ0v) is 8.68. The second-order valence-electron chi connectivity index (χ2n) is 3.27. The van der Waals surface area contributed by atoms with Crippen LogP contribution in [0, 0.1) is 0 Å². The fourth-order valence-corrected chi connectivity index (χ4v) is 1.31. The topological polar surface area (TPSA) is 110 Å². The standard InChI is InChI=1S/C9H13N5O2/c10-9-13-7-6(11-5-12-7)8(14-9)16-4-2-1-3-15/h5,15H,1-4H2,(H3,10,11,12,13,14). The van der Waals surface area contributed by atoms with Crippen LogP contribution in [0.4, 0.5) is 5.95 Å². The molecule has 0 unspecified atom stereocenters. The number of ether oxygens (including phenoxy) is 1. The van der Waals surface area contributed by atoms with Gasteiger partial charge in [-0.05, 0) is 12.8 Å². The molecule has 7 nitrogen and oxygen atoms in total. The van der Waals surface area contributed by atoms with Crippen molar-refractivity contribution in [2.45, 2.75) is 12.8 Å². The van der Waals surface area contributed by atoms with Gasteiger partial charge < -0.3 is 20.6 Å². The number of aliphatic hydroxyl groups excluding tert-OH is 1. The Morgan fingerprint density at radius 1 is 1.38 bits per heavy atom. The minimum Gasteiger partial charge on any atom is -0.476 e. The molecule has 0 fully saturated rings. The maximum Gasteiger partial charge on any atom is 0.245 e. The maximum absolute atomic E-state index is 8.63. The number of aliphatic hydroxyl groups is 1. The number of nitrogens with one attached hydrogen (secondary N) is 1. The highest BCUT2D eigenvalue weighted by molar-refractivity contribution is 5.76. The van der Waals surface area contributed by atoms with Gasteiger partial charge in [0.2, 0.25) is 11.8 Å². The Kier molecular flexibility index (Phi) is 3.16. The first-order valence-electron chi connectivity index (χ1n) is 5.01. The summed E-state index contributed by atoms with van der Waals surface area (Å²) in [5.41, 5.74) is 6.65. The van der Waals surface area contributed by atoms with E-state index in [4.69, 9.17) is 15.6 Å². The van der Waals surface area contributed by atoms with Crippen LogP contribution in [-0.2, 0) is 0 Å². The molecule has 0 saturated heterocycles. The summed E-state index contributed by atoms with van der Waals surface area (Å²) < 4.78 is 5.45. The summed E-state index contributed by atoms with van der Waals surface area (Å²) in [6.45, 7) is 0.639. The van der Waals surface area contributed by atoms with Crippen molar-refractivity contribution < 1.29 is 9.84 Å². The first-order chi connectivity index (χ1) is 7.81. The summed E-state index contributed by atoms with van der Waals surface area (Å²) in [7, 11) is 0. The second kappa shape index (κ2) is 4.75. The number of unbranched alkanes of at least 4 members (excludes halogenated alkanes) is 1. The summed E-state index contributed by atoms with van der Waals surface area (Å²) in [6, 6.07) is 0. The second-order valence-corrected chi connectivity index (χ2v) is 3.27. The van der Waals surface area contributed by atoms with E-state index in [1.54, 1.807) is 0 Å². The lowest BCUT2D eigenvalue weighted by Crippen LogP contribution is -2.04. The van der Waals surface area contributed by atoms with Gasteiger partial charge in [0.15, 0.2) is 5.65 Å². The Morgan fingerprint density at radius 2 is 2.25 bits per heavy atom. The summed E-state index contributed by atoms with van der Waals surface area (Å²) in [4.78, 5) is 14.8. The molecule has 0 aliphatic heterocycles. The van der Waals surface area contributed by atoms with E-state index < -0.39 is 0 Å². The highest BCUT2D eigenvalue weighted by atomic mass is 16.5. The Bertz CT molecular complexity index is 470. The third-order valence-electron chi connectivity index (χ3n) is 2.06.